The summed E-state index contributed by atoms with van der Waals surface area (Å²) < 4.78 is 11.0. The monoisotopic (exact) mass is 470 g/mol. The first kappa shape index (κ1) is 24.6. The number of nitrogens with two attached hydrogens (primary N) is 1. The first-order valence-electron chi connectivity index (χ1n) is 12.6. The molecule has 10 nitrogen and oxygen atoms in total. The Hall–Kier alpha value is -2.56. The Morgan fingerprint density at radius 1 is 0.882 bits per heavy atom. The summed E-state index contributed by atoms with van der Waals surface area (Å²) in [7, 11) is 0. The van der Waals surface area contributed by atoms with E-state index >= 15 is 0 Å². The van der Waals surface area contributed by atoms with Crippen molar-refractivity contribution in [2.45, 2.75) is 38.0 Å². The van der Waals surface area contributed by atoms with Crippen LogP contribution in [0.15, 0.2) is 24.4 Å². The maximum Gasteiger partial charge on any atom is 0.230 e. The third-order valence-electron chi connectivity index (χ3n) is 6.31. The van der Waals surface area contributed by atoms with Crippen molar-refractivity contribution in [3.05, 3.63) is 30.2 Å². The zero-order chi connectivity index (χ0) is 23.4. The van der Waals surface area contributed by atoms with Crippen LogP contribution in [0.2, 0.25) is 0 Å². The summed E-state index contributed by atoms with van der Waals surface area (Å²) in [6.07, 6.45) is 7.96. The molecule has 1 aliphatic carbocycles. The predicted molar refractivity (Wildman–Crippen MR) is 133 cm³/mol. The molecule has 2 aliphatic rings. The lowest BCUT2D eigenvalue weighted by Crippen LogP contribution is -2.47. The van der Waals surface area contributed by atoms with Gasteiger partial charge in [0.05, 0.1) is 26.4 Å². The fourth-order valence-corrected chi connectivity index (χ4v) is 4.46. The van der Waals surface area contributed by atoms with E-state index < -0.39 is 0 Å². The van der Waals surface area contributed by atoms with E-state index in [2.05, 4.69) is 26.2 Å². The molecule has 0 bridgehead atoms. The van der Waals surface area contributed by atoms with Crippen LogP contribution in [0.4, 0.5) is 17.7 Å². The molecule has 0 radical (unpaired) electrons. The molecule has 3 N–H and O–H groups in total. The van der Waals surface area contributed by atoms with Gasteiger partial charge < -0.3 is 30.3 Å². The van der Waals surface area contributed by atoms with Gasteiger partial charge in [-0.05, 0) is 25.0 Å². The van der Waals surface area contributed by atoms with Crippen molar-refractivity contribution < 1.29 is 9.47 Å². The highest BCUT2D eigenvalue weighted by molar-refractivity contribution is 5.43. The lowest BCUT2D eigenvalue weighted by molar-refractivity contribution is 0.0547. The van der Waals surface area contributed by atoms with E-state index in [4.69, 9.17) is 30.2 Å². The lowest BCUT2D eigenvalue weighted by Gasteiger charge is -2.35. The Kier molecular flexibility index (Phi) is 9.65. The van der Waals surface area contributed by atoms with Crippen molar-refractivity contribution in [1.82, 2.24) is 19.9 Å². The molecule has 0 spiro atoms. The van der Waals surface area contributed by atoms with Crippen LogP contribution in [0.5, 0.6) is 0 Å². The molecule has 2 aromatic heterocycles. The molecule has 2 fully saturated rings. The van der Waals surface area contributed by atoms with Gasteiger partial charge in [0.2, 0.25) is 11.9 Å². The van der Waals surface area contributed by atoms with E-state index in [1.807, 2.05) is 18.3 Å². The summed E-state index contributed by atoms with van der Waals surface area (Å²) >= 11 is 0. The molecule has 0 amide bonds. The summed E-state index contributed by atoms with van der Waals surface area (Å²) in [6, 6.07) is 6.05. The molecule has 34 heavy (non-hydrogen) atoms. The van der Waals surface area contributed by atoms with Crippen molar-refractivity contribution in [3.8, 4) is 0 Å². The van der Waals surface area contributed by atoms with E-state index in [1.54, 1.807) is 0 Å². The van der Waals surface area contributed by atoms with Crippen LogP contribution in [0, 0.1) is 0 Å². The maximum atomic E-state index is 5.63. The van der Waals surface area contributed by atoms with Gasteiger partial charge in [-0.25, -0.2) is 4.98 Å². The number of anilines is 3. The highest BCUT2D eigenvalue weighted by Crippen LogP contribution is 2.31. The van der Waals surface area contributed by atoms with Gasteiger partial charge in [0, 0.05) is 51.4 Å². The average molecular weight is 471 g/mol. The fraction of sp³-hybridized carbons (Fsp3) is 0.667. The third-order valence-corrected chi connectivity index (χ3v) is 6.31. The number of nitrogens with one attached hydrogen (secondary N) is 1. The number of piperazine rings is 1. The van der Waals surface area contributed by atoms with Gasteiger partial charge in [0.25, 0.3) is 0 Å². The first-order chi connectivity index (χ1) is 16.8. The van der Waals surface area contributed by atoms with Crippen molar-refractivity contribution in [2.24, 2.45) is 5.73 Å². The van der Waals surface area contributed by atoms with Gasteiger partial charge in [0.15, 0.2) is 0 Å². The third kappa shape index (κ3) is 7.22. The van der Waals surface area contributed by atoms with Gasteiger partial charge in [-0.2, -0.15) is 15.0 Å². The zero-order valence-electron chi connectivity index (χ0n) is 20.1. The molecular formula is C24H38N8O2. The fourth-order valence-electron chi connectivity index (χ4n) is 4.46. The summed E-state index contributed by atoms with van der Waals surface area (Å²) in [5.41, 5.74) is 5.42. The number of hydrogen-bond donors (Lipinski definition) is 2. The highest BCUT2D eigenvalue weighted by atomic mass is 16.5. The van der Waals surface area contributed by atoms with E-state index in [0.717, 1.165) is 56.6 Å². The van der Waals surface area contributed by atoms with Crippen molar-refractivity contribution in [1.29, 1.82) is 0 Å². The molecule has 4 rings (SSSR count). The van der Waals surface area contributed by atoms with Gasteiger partial charge in [-0.3, -0.25) is 0 Å². The SMILES string of the molecule is NCCOCCOCCNc1nc(C2CCCCC2)nc(N2CCN(c3ccccn3)CC2)n1. The molecule has 186 valence electrons. The summed E-state index contributed by atoms with van der Waals surface area (Å²) in [5.74, 6) is 3.78. The van der Waals surface area contributed by atoms with E-state index in [-0.39, 0.29) is 0 Å². The van der Waals surface area contributed by atoms with Crippen LogP contribution in [0.1, 0.15) is 43.8 Å². The Morgan fingerprint density at radius 3 is 2.38 bits per heavy atom. The number of hydrogen-bond acceptors (Lipinski definition) is 10. The van der Waals surface area contributed by atoms with Crippen LogP contribution in [-0.2, 0) is 9.47 Å². The standard InChI is InChI=1S/C24H38N8O2/c25-9-16-33-18-19-34-17-11-27-23-28-22(20-6-2-1-3-7-20)29-24(30-23)32-14-12-31(13-15-32)21-8-4-5-10-26-21/h4-5,8,10,20H,1-3,6-7,9,11-19,25H2,(H,27,28,29,30). The van der Waals surface area contributed by atoms with Crippen LogP contribution < -0.4 is 20.9 Å². The first-order valence-corrected chi connectivity index (χ1v) is 12.6. The lowest BCUT2D eigenvalue weighted by atomic mass is 9.89. The normalized spacial score (nSPS) is 17.2. The van der Waals surface area contributed by atoms with Gasteiger partial charge >= 0.3 is 0 Å². The largest absolute Gasteiger partial charge is 0.378 e. The number of rotatable bonds is 12. The van der Waals surface area contributed by atoms with Gasteiger partial charge in [-0.15, -0.1) is 0 Å². The second-order valence-corrected chi connectivity index (χ2v) is 8.75. The molecule has 1 saturated carbocycles. The van der Waals surface area contributed by atoms with Gasteiger partial charge in [0.1, 0.15) is 11.6 Å². The molecule has 1 saturated heterocycles. The highest BCUT2D eigenvalue weighted by Gasteiger charge is 2.24. The molecule has 1 aliphatic heterocycles. The molecule has 0 atom stereocenters. The van der Waals surface area contributed by atoms with E-state index in [1.165, 1.54) is 19.3 Å². The Bertz CT molecular complexity index is 842. The Labute approximate surface area is 202 Å². The van der Waals surface area contributed by atoms with E-state index in [0.29, 0.717) is 51.4 Å². The summed E-state index contributed by atoms with van der Waals surface area (Å²) in [4.78, 5) is 23.6. The Morgan fingerprint density at radius 2 is 1.65 bits per heavy atom. The smallest absolute Gasteiger partial charge is 0.230 e. The molecule has 2 aromatic rings. The second-order valence-electron chi connectivity index (χ2n) is 8.75. The zero-order valence-corrected chi connectivity index (χ0v) is 20.1. The summed E-state index contributed by atoms with van der Waals surface area (Å²) in [6.45, 7) is 6.91. The molecular weight excluding hydrogens is 432 g/mol. The van der Waals surface area contributed by atoms with Crippen molar-refractivity contribution in [3.63, 3.8) is 0 Å². The minimum atomic E-state index is 0.418. The van der Waals surface area contributed by atoms with E-state index in [9.17, 15) is 0 Å². The molecule has 10 heteroatoms. The summed E-state index contributed by atoms with van der Waals surface area (Å²) in [5, 5.41) is 3.35. The quantitative estimate of drug-likeness (QED) is 0.447. The number of nitrogens with zero attached hydrogens (tertiary/aromatic N) is 6. The van der Waals surface area contributed by atoms with Crippen LogP contribution in [0.3, 0.4) is 0 Å². The molecule has 0 unspecified atom stereocenters. The number of ether oxygens (including phenoxy) is 2. The maximum absolute atomic E-state index is 5.63. The van der Waals surface area contributed by atoms with Gasteiger partial charge in [-0.1, -0.05) is 25.3 Å². The Balaban J connectivity index is 1.36. The van der Waals surface area contributed by atoms with Crippen molar-refractivity contribution >= 4 is 17.7 Å². The van der Waals surface area contributed by atoms with Crippen LogP contribution >= 0.6 is 0 Å². The topological polar surface area (TPSA) is 115 Å². The predicted octanol–water partition coefficient (Wildman–Crippen LogP) is 2.04. The molecule has 3 heterocycles. The van der Waals surface area contributed by atoms with Crippen LogP contribution in [0.25, 0.3) is 0 Å². The number of pyridine rings is 1. The van der Waals surface area contributed by atoms with Crippen molar-refractivity contribution in [2.75, 3.05) is 80.8 Å². The minimum Gasteiger partial charge on any atom is -0.378 e. The van der Waals surface area contributed by atoms with Crippen LogP contribution in [-0.4, -0.2) is 85.6 Å². The average Bonchev–Trinajstić information content (AvgIpc) is 2.91. The minimum absolute atomic E-state index is 0.418. The molecule has 0 aromatic carbocycles. The number of aromatic nitrogens is 4. The second kappa shape index (κ2) is 13.4.